The Balaban J connectivity index is 1.63. The Bertz CT molecular complexity index is 1750. The van der Waals surface area contributed by atoms with Crippen molar-refractivity contribution in [3.8, 4) is 0 Å². The van der Waals surface area contributed by atoms with Crippen LogP contribution in [0.1, 0.15) is 213 Å². The van der Waals surface area contributed by atoms with E-state index in [1.807, 2.05) is 0 Å². The molecule has 3 heterocycles. The molecule has 0 bridgehead atoms. The number of carbonyl (C=O) groups excluding carboxylic acids is 2. The zero-order chi connectivity index (χ0) is 61.2. The fourth-order valence-electron chi connectivity index (χ4n) is 11.1. The van der Waals surface area contributed by atoms with Gasteiger partial charge in [0, 0.05) is 19.8 Å². The molecule has 0 radical (unpaired) electrons. The summed E-state index contributed by atoms with van der Waals surface area (Å²) in [7, 11) is 0. The number of allylic oxidation sites excluding steroid dienone is 2. The maximum atomic E-state index is 13.3. The lowest BCUT2D eigenvalue weighted by Crippen LogP contribution is -2.70. The van der Waals surface area contributed by atoms with Gasteiger partial charge in [-0.05, 0) is 32.1 Å². The zero-order valence-electron chi connectivity index (χ0n) is 50.1. The number of rotatable bonds is 46. The van der Waals surface area contributed by atoms with Crippen molar-refractivity contribution >= 4 is 17.8 Å². The second kappa shape index (κ2) is 42.4. The number of aliphatic hydroxyl groups excluding tert-OH is 11. The first kappa shape index (κ1) is 74.7. The third-order valence-corrected chi connectivity index (χ3v) is 16.2. The summed E-state index contributed by atoms with van der Waals surface area (Å²) in [6.45, 7) is 2.12. The zero-order valence-corrected chi connectivity index (χ0v) is 50.1. The Hall–Kier alpha value is -2.53. The van der Waals surface area contributed by atoms with Gasteiger partial charge >= 0.3 is 5.97 Å². The summed E-state index contributed by atoms with van der Waals surface area (Å²) >= 11 is 0. The van der Waals surface area contributed by atoms with Crippen molar-refractivity contribution < 1.29 is 104 Å². The molecule has 3 aliphatic rings. The highest BCUT2D eigenvalue weighted by Gasteiger charge is 2.60. The van der Waals surface area contributed by atoms with Crippen LogP contribution in [0.2, 0.25) is 0 Å². The molecule has 3 aliphatic heterocycles. The maximum Gasteiger partial charge on any atom is 0.364 e. The van der Waals surface area contributed by atoms with E-state index in [0.717, 1.165) is 77.6 Å². The molecule has 0 aromatic heterocycles. The molecule has 0 saturated carbocycles. The number of carboxylic acid groups (broad SMARTS) is 1. The van der Waals surface area contributed by atoms with Crippen molar-refractivity contribution in [3.05, 3.63) is 12.2 Å². The third kappa shape index (κ3) is 26.4. The number of carboxylic acids is 1. The molecule has 23 heteroatoms. The topological polar surface area (TPSA) is 373 Å². The van der Waals surface area contributed by atoms with E-state index < -0.39 is 148 Å². The quantitative estimate of drug-likeness (QED) is 0.0306. The van der Waals surface area contributed by atoms with Crippen molar-refractivity contribution in [1.29, 1.82) is 0 Å². The van der Waals surface area contributed by atoms with Gasteiger partial charge in [0.15, 0.2) is 12.6 Å². The molecule has 18 unspecified atom stereocenters. The fraction of sp³-hybridized carbons (Fsp3) is 0.917. The van der Waals surface area contributed by atoms with Crippen LogP contribution in [0.4, 0.5) is 0 Å². The molecular formula is C60H110N2O21. The van der Waals surface area contributed by atoms with E-state index in [1.54, 1.807) is 0 Å². The average molecular weight is 1200 g/mol. The summed E-state index contributed by atoms with van der Waals surface area (Å²) in [4.78, 5) is 38.4. The van der Waals surface area contributed by atoms with Gasteiger partial charge in [-0.1, -0.05) is 174 Å². The molecule has 486 valence electrons. The minimum atomic E-state index is -3.08. The Morgan fingerprint density at radius 3 is 1.66 bits per heavy atom. The Morgan fingerprint density at radius 2 is 1.13 bits per heavy atom. The van der Waals surface area contributed by atoms with Gasteiger partial charge in [-0.3, -0.25) is 9.59 Å². The molecule has 18 atom stereocenters. The van der Waals surface area contributed by atoms with Crippen LogP contribution in [-0.2, 0) is 42.8 Å². The van der Waals surface area contributed by atoms with E-state index in [2.05, 4.69) is 36.6 Å². The number of hydrogen-bond donors (Lipinski definition) is 14. The predicted octanol–water partition coefficient (Wildman–Crippen LogP) is 3.56. The monoisotopic (exact) mass is 1190 g/mol. The first-order chi connectivity index (χ1) is 39.9. The van der Waals surface area contributed by atoms with E-state index >= 15 is 0 Å². The highest BCUT2D eigenvalue weighted by molar-refractivity contribution is 5.77. The number of hydrogen-bond acceptors (Lipinski definition) is 20. The SMILES string of the molecule is CCCC/C=C\CCCCCCC(=O)NC(COC1OC(CO)C(OC2OC(CO)C(O)C(OC3(C(=O)O)CC(O)C(NC(C)=O)C(C(O)C(O)CO)O3)C2O)C(O)C1O)C(O)CCCCCCCCCCCCCCCCCCCCC. The summed E-state index contributed by atoms with van der Waals surface area (Å²) in [5.74, 6) is -6.12. The molecular weight excluding hydrogens is 1080 g/mol. The highest BCUT2D eigenvalue weighted by atomic mass is 16.8. The lowest BCUT2D eigenvalue weighted by atomic mass is 9.88. The van der Waals surface area contributed by atoms with Crippen molar-refractivity contribution in [1.82, 2.24) is 10.6 Å². The number of carbonyl (C=O) groups is 3. The van der Waals surface area contributed by atoms with Gasteiger partial charge in [0.2, 0.25) is 11.8 Å². The second-order valence-corrected chi connectivity index (χ2v) is 23.3. The van der Waals surface area contributed by atoms with Crippen LogP contribution in [0.3, 0.4) is 0 Å². The molecule has 0 aliphatic carbocycles. The first-order valence-corrected chi connectivity index (χ1v) is 31.5. The van der Waals surface area contributed by atoms with Gasteiger partial charge < -0.3 is 100 Å². The smallest absolute Gasteiger partial charge is 0.364 e. The summed E-state index contributed by atoms with van der Waals surface area (Å²) in [6.07, 6.45) is 6.79. The lowest BCUT2D eigenvalue weighted by Gasteiger charge is -2.50. The Morgan fingerprint density at radius 1 is 0.614 bits per heavy atom. The Labute approximate surface area is 492 Å². The van der Waals surface area contributed by atoms with E-state index in [-0.39, 0.29) is 18.9 Å². The Kier molecular flexibility index (Phi) is 38.1. The van der Waals surface area contributed by atoms with E-state index in [4.69, 9.17) is 28.4 Å². The maximum absolute atomic E-state index is 13.3. The van der Waals surface area contributed by atoms with Crippen LogP contribution < -0.4 is 10.6 Å². The van der Waals surface area contributed by atoms with Crippen LogP contribution in [0, 0.1) is 0 Å². The first-order valence-electron chi connectivity index (χ1n) is 31.5. The normalized spacial score (nSPS) is 30.0. The van der Waals surface area contributed by atoms with Crippen LogP contribution in [0.5, 0.6) is 0 Å². The van der Waals surface area contributed by atoms with Crippen molar-refractivity contribution in [2.24, 2.45) is 0 Å². The van der Waals surface area contributed by atoms with Gasteiger partial charge in [-0.2, -0.15) is 0 Å². The standard InChI is InChI=1S/C60H110N2O21/c1-4-6-8-10-12-14-16-17-18-19-20-21-22-23-24-25-27-29-31-33-42(67)41(62-47(70)34-32-30-28-26-15-13-11-9-7-5-2)39-78-57-52(74)51(73)54(46(38-65)80-57)81-58-53(75)56(50(72)45(37-64)79-58)83-60(59(76)77)35-43(68)48(61-40(3)66)55(82-60)49(71)44(69)36-63/h11,13,41-46,48-58,63-65,67-69,71-75H,4-10,12,14-39H2,1-3H3,(H,61,66)(H,62,70)(H,76,77)/b13-11-. The summed E-state index contributed by atoms with van der Waals surface area (Å²) in [5.41, 5.74) is 0. The van der Waals surface area contributed by atoms with Gasteiger partial charge in [0.25, 0.3) is 5.79 Å². The lowest BCUT2D eigenvalue weighted by molar-refractivity contribution is -0.386. The van der Waals surface area contributed by atoms with Gasteiger partial charge in [-0.15, -0.1) is 0 Å². The van der Waals surface area contributed by atoms with Gasteiger partial charge in [0.05, 0.1) is 50.7 Å². The molecule has 23 nitrogen and oxygen atoms in total. The molecule has 0 aromatic rings. The largest absolute Gasteiger partial charge is 0.477 e. The van der Waals surface area contributed by atoms with Crippen LogP contribution in [0.25, 0.3) is 0 Å². The van der Waals surface area contributed by atoms with E-state index in [0.29, 0.717) is 19.3 Å². The fourth-order valence-corrected chi connectivity index (χ4v) is 11.1. The van der Waals surface area contributed by atoms with Gasteiger partial charge in [0.1, 0.15) is 67.1 Å². The van der Waals surface area contributed by atoms with E-state index in [9.17, 15) is 75.7 Å². The molecule has 3 saturated heterocycles. The number of nitrogens with one attached hydrogen (secondary N) is 2. The molecule has 3 fully saturated rings. The van der Waals surface area contributed by atoms with Crippen LogP contribution >= 0.6 is 0 Å². The molecule has 0 aromatic carbocycles. The number of unbranched alkanes of at least 4 members (excludes halogenated alkanes) is 24. The number of aliphatic carboxylic acids is 1. The minimum absolute atomic E-state index is 0.209. The molecule has 83 heavy (non-hydrogen) atoms. The third-order valence-electron chi connectivity index (χ3n) is 16.2. The number of ether oxygens (including phenoxy) is 6. The number of aliphatic hydroxyl groups is 11. The van der Waals surface area contributed by atoms with Crippen molar-refractivity contribution in [2.75, 3.05) is 26.4 Å². The molecule has 3 rings (SSSR count). The molecule has 0 spiro atoms. The van der Waals surface area contributed by atoms with Gasteiger partial charge in [-0.25, -0.2) is 4.79 Å². The average Bonchev–Trinajstić information content (AvgIpc) is 3.07. The van der Waals surface area contributed by atoms with Crippen molar-refractivity contribution in [3.63, 3.8) is 0 Å². The van der Waals surface area contributed by atoms with E-state index in [1.165, 1.54) is 89.9 Å². The second-order valence-electron chi connectivity index (χ2n) is 23.3. The number of amides is 2. The van der Waals surface area contributed by atoms with Crippen molar-refractivity contribution in [2.45, 2.75) is 323 Å². The van der Waals surface area contributed by atoms with Crippen LogP contribution in [0.15, 0.2) is 12.2 Å². The highest BCUT2D eigenvalue weighted by Crippen LogP contribution is 2.38. The molecule has 14 N–H and O–H groups in total. The summed E-state index contributed by atoms with van der Waals surface area (Å²) in [5, 5.41) is 136. The minimum Gasteiger partial charge on any atom is -0.477 e. The molecule has 2 amide bonds. The van der Waals surface area contributed by atoms with Crippen LogP contribution in [-0.4, -0.2) is 215 Å². The summed E-state index contributed by atoms with van der Waals surface area (Å²) < 4.78 is 34.7. The summed E-state index contributed by atoms with van der Waals surface area (Å²) in [6, 6.07) is -2.53. The predicted molar refractivity (Wildman–Crippen MR) is 306 cm³/mol.